The van der Waals surface area contributed by atoms with Gasteiger partial charge in [-0.1, -0.05) is 0 Å². The van der Waals surface area contributed by atoms with Gasteiger partial charge in [-0.05, 0) is 25.7 Å². The number of rotatable bonds is 2. The number of nitrogens with zero attached hydrogens (tertiary/aromatic N) is 1. The molecule has 2 aliphatic rings. The molecular weight excluding hydrogens is 212 g/mol. The number of carbonyl (C=O) groups excluding carboxylic acids is 1. The zero-order valence-electron chi connectivity index (χ0n) is 8.49. The van der Waals surface area contributed by atoms with Gasteiger partial charge in [-0.25, -0.2) is 0 Å². The summed E-state index contributed by atoms with van der Waals surface area (Å²) in [5.74, 6) is 1.22. The van der Waals surface area contributed by atoms with Gasteiger partial charge in [0.2, 0.25) is 5.91 Å². The first-order valence-electron chi connectivity index (χ1n) is 5.23. The molecule has 2 rings (SSSR count). The third-order valence-electron chi connectivity index (χ3n) is 3.12. The van der Waals surface area contributed by atoms with Gasteiger partial charge in [0, 0.05) is 28.3 Å². The summed E-state index contributed by atoms with van der Waals surface area (Å²) in [7, 11) is -0.699. The van der Waals surface area contributed by atoms with Crippen LogP contribution in [0.5, 0.6) is 0 Å². The van der Waals surface area contributed by atoms with E-state index in [1.165, 1.54) is 0 Å². The average molecular weight is 226 g/mol. The van der Waals surface area contributed by atoms with Crippen molar-refractivity contribution in [3.63, 3.8) is 0 Å². The number of carbonyl (C=O) groups is 1. The number of amides is 1. The van der Waals surface area contributed by atoms with Crippen molar-refractivity contribution in [2.24, 2.45) is 5.41 Å². The van der Waals surface area contributed by atoms with Gasteiger partial charge in [0.15, 0.2) is 0 Å². The molecule has 0 aromatic rings. The lowest BCUT2D eigenvalue weighted by atomic mass is 10.1. The summed E-state index contributed by atoms with van der Waals surface area (Å²) in [5.41, 5.74) is -0.726. The molecule has 1 heterocycles. The first kappa shape index (κ1) is 10.6. The minimum Gasteiger partial charge on any atom is -0.352 e. The van der Waals surface area contributed by atoms with E-state index in [1.807, 2.05) is 0 Å². The van der Waals surface area contributed by atoms with Gasteiger partial charge >= 0.3 is 0 Å². The lowest BCUT2D eigenvalue weighted by Gasteiger charge is -2.23. The molecule has 0 bridgehead atoms. The number of nitrogens with one attached hydrogen (secondary N) is 1. The Morgan fingerprint density at radius 2 is 2.00 bits per heavy atom. The van der Waals surface area contributed by atoms with Crippen molar-refractivity contribution in [1.82, 2.24) is 5.32 Å². The average Bonchev–Trinajstić information content (AvgIpc) is 3.02. The molecule has 1 aliphatic carbocycles. The van der Waals surface area contributed by atoms with Crippen LogP contribution in [0.3, 0.4) is 0 Å². The highest BCUT2D eigenvalue weighted by atomic mass is 32.2. The van der Waals surface area contributed by atoms with E-state index in [2.05, 4.69) is 11.4 Å². The maximum Gasteiger partial charge on any atom is 0.240 e. The molecular formula is C10H14N2O2S. The minimum atomic E-state index is -0.726. The molecule has 1 saturated heterocycles. The van der Waals surface area contributed by atoms with Gasteiger partial charge in [0.25, 0.3) is 0 Å². The molecule has 0 unspecified atom stereocenters. The Balaban J connectivity index is 1.85. The Morgan fingerprint density at radius 3 is 2.47 bits per heavy atom. The molecule has 2 fully saturated rings. The van der Waals surface area contributed by atoms with Crippen LogP contribution in [0.25, 0.3) is 0 Å². The highest BCUT2D eigenvalue weighted by molar-refractivity contribution is 7.85. The highest BCUT2D eigenvalue weighted by Crippen LogP contribution is 2.45. The van der Waals surface area contributed by atoms with E-state index in [0.29, 0.717) is 24.3 Å². The summed E-state index contributed by atoms with van der Waals surface area (Å²) >= 11 is 0. The Morgan fingerprint density at radius 1 is 1.40 bits per heavy atom. The summed E-state index contributed by atoms with van der Waals surface area (Å²) < 4.78 is 11.1. The van der Waals surface area contributed by atoms with Crippen molar-refractivity contribution in [3.8, 4) is 6.07 Å². The Labute approximate surface area is 91.5 Å². The fourth-order valence-corrected chi connectivity index (χ4v) is 3.08. The lowest BCUT2D eigenvalue weighted by molar-refractivity contribution is -0.125. The van der Waals surface area contributed by atoms with Gasteiger partial charge in [-0.2, -0.15) is 5.26 Å². The van der Waals surface area contributed by atoms with Crippen molar-refractivity contribution >= 4 is 16.7 Å². The molecule has 0 atom stereocenters. The summed E-state index contributed by atoms with van der Waals surface area (Å²) in [6.45, 7) is 0. The Hall–Kier alpha value is -0.890. The predicted molar refractivity (Wildman–Crippen MR) is 56.3 cm³/mol. The van der Waals surface area contributed by atoms with Gasteiger partial charge in [0.05, 0.1) is 6.07 Å². The monoisotopic (exact) mass is 226 g/mol. The molecule has 0 aromatic carbocycles. The molecule has 0 radical (unpaired) electrons. The second-order valence-electron chi connectivity index (χ2n) is 4.29. The molecule has 5 heteroatoms. The van der Waals surface area contributed by atoms with Crippen LogP contribution >= 0.6 is 0 Å². The van der Waals surface area contributed by atoms with E-state index in [4.69, 9.17) is 5.26 Å². The van der Waals surface area contributed by atoms with Crippen molar-refractivity contribution in [2.45, 2.75) is 31.7 Å². The Bertz CT molecular complexity index is 334. The fraction of sp³-hybridized carbons (Fsp3) is 0.800. The van der Waals surface area contributed by atoms with E-state index >= 15 is 0 Å². The molecule has 1 saturated carbocycles. The third-order valence-corrected chi connectivity index (χ3v) is 4.50. The van der Waals surface area contributed by atoms with Crippen molar-refractivity contribution in [1.29, 1.82) is 5.26 Å². The predicted octanol–water partition coefficient (Wildman–Crippen LogP) is 0.317. The van der Waals surface area contributed by atoms with Gasteiger partial charge < -0.3 is 5.32 Å². The van der Waals surface area contributed by atoms with E-state index in [9.17, 15) is 9.00 Å². The first-order chi connectivity index (χ1) is 7.16. The summed E-state index contributed by atoms with van der Waals surface area (Å²) in [5, 5.41) is 11.7. The molecule has 1 amide bonds. The maximum absolute atomic E-state index is 11.7. The number of hydrogen-bond donors (Lipinski definition) is 1. The first-order valence-corrected chi connectivity index (χ1v) is 6.72. The van der Waals surface area contributed by atoms with Crippen molar-refractivity contribution in [2.75, 3.05) is 11.5 Å². The second-order valence-corrected chi connectivity index (χ2v) is 5.99. The van der Waals surface area contributed by atoms with Crippen molar-refractivity contribution in [3.05, 3.63) is 0 Å². The van der Waals surface area contributed by atoms with E-state index in [1.54, 1.807) is 0 Å². The molecule has 1 aliphatic heterocycles. The minimum absolute atomic E-state index is 0.123. The maximum atomic E-state index is 11.7. The number of nitriles is 1. The molecule has 0 spiro atoms. The third kappa shape index (κ3) is 2.20. The van der Waals surface area contributed by atoms with Gasteiger partial charge in [0.1, 0.15) is 5.41 Å². The SMILES string of the molecule is N#CC1(C(=O)NC2CCS(=O)CC2)CC1. The molecule has 0 aromatic heterocycles. The van der Waals surface area contributed by atoms with Crippen LogP contribution in [0.2, 0.25) is 0 Å². The summed E-state index contributed by atoms with van der Waals surface area (Å²) in [6.07, 6.45) is 2.93. The zero-order valence-corrected chi connectivity index (χ0v) is 9.31. The molecule has 15 heavy (non-hydrogen) atoms. The smallest absolute Gasteiger partial charge is 0.240 e. The summed E-state index contributed by atoms with van der Waals surface area (Å²) in [4.78, 5) is 11.7. The topological polar surface area (TPSA) is 70.0 Å². The lowest BCUT2D eigenvalue weighted by Crippen LogP contribution is -2.42. The Kier molecular flexibility index (Phi) is 2.79. The van der Waals surface area contributed by atoms with Gasteiger partial charge in [-0.15, -0.1) is 0 Å². The van der Waals surface area contributed by atoms with Crippen LogP contribution in [0.1, 0.15) is 25.7 Å². The van der Waals surface area contributed by atoms with E-state index in [0.717, 1.165) is 12.8 Å². The van der Waals surface area contributed by atoms with Crippen LogP contribution in [0.4, 0.5) is 0 Å². The van der Waals surface area contributed by atoms with E-state index in [-0.39, 0.29) is 11.9 Å². The fourth-order valence-electron chi connectivity index (χ4n) is 1.78. The van der Waals surface area contributed by atoms with Crippen molar-refractivity contribution < 1.29 is 9.00 Å². The number of hydrogen-bond acceptors (Lipinski definition) is 3. The van der Waals surface area contributed by atoms with Crippen LogP contribution in [0.15, 0.2) is 0 Å². The van der Waals surface area contributed by atoms with E-state index < -0.39 is 16.2 Å². The summed E-state index contributed by atoms with van der Waals surface area (Å²) in [6, 6.07) is 2.20. The quantitative estimate of drug-likeness (QED) is 0.737. The molecule has 82 valence electrons. The standard InChI is InChI=1S/C10H14N2O2S/c11-7-10(3-4-10)9(13)12-8-1-5-15(14)6-2-8/h8H,1-6H2,(H,12,13). The largest absolute Gasteiger partial charge is 0.352 e. The zero-order chi connectivity index (χ0) is 10.9. The van der Waals surface area contributed by atoms with Crippen LogP contribution in [0, 0.1) is 16.7 Å². The van der Waals surface area contributed by atoms with Crippen LogP contribution < -0.4 is 5.32 Å². The molecule has 1 N–H and O–H groups in total. The van der Waals surface area contributed by atoms with Crippen LogP contribution in [-0.4, -0.2) is 27.7 Å². The highest BCUT2D eigenvalue weighted by Gasteiger charge is 2.51. The second kappa shape index (κ2) is 3.93. The van der Waals surface area contributed by atoms with Gasteiger partial charge in [-0.3, -0.25) is 9.00 Å². The normalized spacial score (nSPS) is 32.7. The molecule has 4 nitrogen and oxygen atoms in total. The van der Waals surface area contributed by atoms with Crippen LogP contribution in [-0.2, 0) is 15.6 Å².